The van der Waals surface area contributed by atoms with E-state index >= 15 is 0 Å². The Bertz CT molecular complexity index is 2560. The van der Waals surface area contributed by atoms with Crippen molar-refractivity contribution in [1.82, 2.24) is 30.9 Å². The van der Waals surface area contributed by atoms with Gasteiger partial charge < -0.3 is 35.5 Å². The van der Waals surface area contributed by atoms with Gasteiger partial charge >= 0.3 is 0 Å². The lowest BCUT2D eigenvalue weighted by Crippen LogP contribution is -2.44. The standard InChI is InChI=1S/C47H57BrF2N9O4P/c1-7-29-24-39(56-47-53-26-33(48)45(58-47)55-38-12-11-37-31(44(38)64(5,6)62)8-10-36(54-37)27(2)3)41(63-4)25-40(29)59-20-15-30(16-21-59)52-19-18-51-17-14-28-22-34(49)43(35(50)23-28)32-9-13-42(60)57-46(32)61/h8,10-12,22-27,30,32,51-52H,7,9,13-21H2,1-6H3,(H,57,60,61)(H2,53,55,56,58). The molecule has 2 fully saturated rings. The molecule has 2 saturated heterocycles. The Morgan fingerprint density at radius 3 is 2.38 bits per heavy atom. The minimum absolute atomic E-state index is 0.0562. The van der Waals surface area contributed by atoms with Crippen LogP contribution in [0.3, 0.4) is 0 Å². The molecule has 3 aromatic carbocycles. The van der Waals surface area contributed by atoms with E-state index in [-0.39, 0.29) is 24.3 Å². The van der Waals surface area contributed by atoms with Gasteiger partial charge in [-0.05, 0) is 121 Å². The van der Waals surface area contributed by atoms with Gasteiger partial charge in [-0.2, -0.15) is 4.98 Å². The summed E-state index contributed by atoms with van der Waals surface area (Å²) in [6.45, 7) is 13.6. The van der Waals surface area contributed by atoms with Crippen molar-refractivity contribution >= 4 is 79.9 Å². The lowest BCUT2D eigenvalue weighted by molar-refractivity contribution is -0.134. The van der Waals surface area contributed by atoms with Gasteiger partial charge in [0.05, 0.1) is 34.4 Å². The molecule has 340 valence electrons. The van der Waals surface area contributed by atoms with Gasteiger partial charge in [0, 0.05) is 78.5 Å². The molecule has 5 N–H and O–H groups in total. The van der Waals surface area contributed by atoms with Crippen molar-refractivity contribution in [3.05, 3.63) is 93.2 Å². The summed E-state index contributed by atoms with van der Waals surface area (Å²) in [5.41, 5.74) is 5.74. The number of fused-ring (bicyclic) bond motifs is 1. The summed E-state index contributed by atoms with van der Waals surface area (Å²) in [6, 6.07) is 15.0. The molecule has 0 saturated carbocycles. The van der Waals surface area contributed by atoms with Crippen LogP contribution in [0.2, 0.25) is 0 Å². The lowest BCUT2D eigenvalue weighted by atomic mass is 9.89. The van der Waals surface area contributed by atoms with Crippen LogP contribution in [-0.4, -0.2) is 86.0 Å². The fourth-order valence-electron chi connectivity index (χ4n) is 8.56. The van der Waals surface area contributed by atoms with Crippen molar-refractivity contribution in [2.24, 2.45) is 0 Å². The Balaban J connectivity index is 0.929. The molecule has 7 rings (SSSR count). The fraction of sp³-hybridized carbons (Fsp3) is 0.426. The van der Waals surface area contributed by atoms with Crippen molar-refractivity contribution in [2.75, 3.05) is 68.7 Å². The SMILES string of the molecule is CCc1cc(Nc2ncc(Br)c(Nc3ccc4nc(C(C)C)ccc4c3P(C)(C)=O)n2)c(OC)cc1N1CCC(NCCNCCc2cc(F)c(C3CCC(=O)NC3=O)c(F)c2)CC1. The third kappa shape index (κ3) is 10.9. The quantitative estimate of drug-likeness (QED) is 0.0344. The van der Waals surface area contributed by atoms with Crippen molar-refractivity contribution in [2.45, 2.75) is 77.2 Å². The Morgan fingerprint density at radius 2 is 1.70 bits per heavy atom. The molecular formula is C47H57BrF2N9O4P. The van der Waals surface area contributed by atoms with Gasteiger partial charge in [0.2, 0.25) is 17.8 Å². The minimum Gasteiger partial charge on any atom is -0.494 e. The fourth-order valence-corrected chi connectivity index (χ4v) is 10.3. The van der Waals surface area contributed by atoms with Gasteiger partial charge in [-0.15, -0.1) is 0 Å². The third-order valence-corrected chi connectivity index (χ3v) is 14.0. The van der Waals surface area contributed by atoms with Crippen molar-refractivity contribution in [3.63, 3.8) is 0 Å². The number of pyridine rings is 1. The number of hydrogen-bond donors (Lipinski definition) is 5. The molecule has 1 atom stereocenters. The van der Waals surface area contributed by atoms with Crippen LogP contribution in [0.15, 0.2) is 59.2 Å². The molecule has 2 aromatic heterocycles. The van der Waals surface area contributed by atoms with Gasteiger partial charge in [-0.3, -0.25) is 19.9 Å². The van der Waals surface area contributed by atoms with Crippen LogP contribution in [0.5, 0.6) is 5.75 Å². The summed E-state index contributed by atoms with van der Waals surface area (Å²) >= 11 is 3.61. The number of amides is 2. The molecule has 1 unspecified atom stereocenters. The predicted molar refractivity (Wildman–Crippen MR) is 255 cm³/mol. The van der Waals surface area contributed by atoms with E-state index in [1.165, 1.54) is 12.1 Å². The van der Waals surface area contributed by atoms with Crippen LogP contribution in [0.25, 0.3) is 10.9 Å². The van der Waals surface area contributed by atoms with Gasteiger partial charge in [-0.25, -0.2) is 13.8 Å². The van der Waals surface area contributed by atoms with E-state index in [1.807, 2.05) is 24.3 Å². The number of halogens is 3. The average Bonchev–Trinajstić information content (AvgIpc) is 3.25. The molecule has 2 amide bonds. The van der Waals surface area contributed by atoms with Gasteiger partial charge in [-0.1, -0.05) is 26.8 Å². The Labute approximate surface area is 381 Å². The molecule has 0 bridgehead atoms. The zero-order chi connectivity index (χ0) is 45.7. The van der Waals surface area contributed by atoms with Crippen LogP contribution in [0.1, 0.15) is 80.7 Å². The molecule has 13 nitrogen and oxygen atoms in total. The predicted octanol–water partition coefficient (Wildman–Crippen LogP) is 8.41. The number of methoxy groups -OCH3 is 1. The maximum Gasteiger partial charge on any atom is 0.234 e. The highest BCUT2D eigenvalue weighted by molar-refractivity contribution is 9.10. The first-order valence-corrected chi connectivity index (χ1v) is 25.3. The number of rotatable bonds is 17. The summed E-state index contributed by atoms with van der Waals surface area (Å²) in [6.07, 6.45) is 5.00. The van der Waals surface area contributed by atoms with Crippen molar-refractivity contribution < 1.29 is 27.7 Å². The number of aryl methyl sites for hydroxylation is 1. The second kappa shape index (κ2) is 20.4. The highest BCUT2D eigenvalue weighted by Gasteiger charge is 2.33. The summed E-state index contributed by atoms with van der Waals surface area (Å²) in [4.78, 5) is 40.3. The maximum atomic E-state index is 14.9. The number of piperidine rings is 2. The number of nitrogens with one attached hydrogen (secondary N) is 5. The Hall–Kier alpha value is -5.02. The van der Waals surface area contributed by atoms with Crippen LogP contribution >= 0.6 is 23.1 Å². The second-order valence-corrected chi connectivity index (χ2v) is 21.1. The Kier molecular flexibility index (Phi) is 15.0. The van der Waals surface area contributed by atoms with Crippen molar-refractivity contribution in [1.29, 1.82) is 0 Å². The largest absolute Gasteiger partial charge is 0.494 e. The van der Waals surface area contributed by atoms with Crippen LogP contribution in [-0.2, 0) is 27.0 Å². The number of benzene rings is 3. The van der Waals surface area contributed by atoms with E-state index in [0.29, 0.717) is 58.8 Å². The van der Waals surface area contributed by atoms with E-state index in [2.05, 4.69) is 85.3 Å². The highest BCUT2D eigenvalue weighted by Crippen LogP contribution is 2.43. The number of carbonyl (C=O) groups is 2. The van der Waals surface area contributed by atoms with Crippen LogP contribution in [0, 0.1) is 11.6 Å². The lowest BCUT2D eigenvalue weighted by Gasteiger charge is -2.35. The third-order valence-electron chi connectivity index (χ3n) is 11.9. The van der Waals surface area contributed by atoms with Gasteiger partial charge in [0.15, 0.2) is 0 Å². The number of aromatic nitrogens is 3. The van der Waals surface area contributed by atoms with E-state index in [1.54, 1.807) is 26.6 Å². The molecular weight excluding hydrogens is 903 g/mol. The molecule has 64 heavy (non-hydrogen) atoms. The molecule has 0 spiro atoms. The normalized spacial score (nSPS) is 16.1. The molecule has 17 heteroatoms. The topological polar surface area (TPSA) is 162 Å². The summed E-state index contributed by atoms with van der Waals surface area (Å²) in [7, 11) is -1.11. The van der Waals surface area contributed by atoms with Gasteiger partial charge in [0.25, 0.3) is 0 Å². The molecule has 2 aliphatic rings. The first-order chi connectivity index (χ1) is 30.6. The number of imide groups is 1. The van der Waals surface area contributed by atoms with E-state index in [4.69, 9.17) is 14.7 Å². The smallest absolute Gasteiger partial charge is 0.234 e. The molecule has 2 aliphatic heterocycles. The maximum absolute atomic E-state index is 14.9. The zero-order valence-corrected chi connectivity index (χ0v) is 39.7. The van der Waals surface area contributed by atoms with Crippen LogP contribution < -0.4 is 41.5 Å². The number of hydrogen-bond acceptors (Lipinski definition) is 12. The average molecular weight is 961 g/mol. The minimum atomic E-state index is -2.76. The summed E-state index contributed by atoms with van der Waals surface area (Å²) < 4.78 is 50.1. The molecule has 4 heterocycles. The van der Waals surface area contributed by atoms with E-state index < -0.39 is 36.5 Å². The highest BCUT2D eigenvalue weighted by atomic mass is 79.9. The first-order valence-electron chi connectivity index (χ1n) is 21.9. The van der Waals surface area contributed by atoms with Crippen molar-refractivity contribution in [3.8, 4) is 5.75 Å². The molecule has 5 aromatic rings. The summed E-state index contributed by atoms with van der Waals surface area (Å²) in [5.74, 6) is -1.79. The number of carbonyl (C=O) groups excluding carboxylic acids is 2. The first kappa shape index (κ1) is 47.0. The second-order valence-electron chi connectivity index (χ2n) is 17.1. The summed E-state index contributed by atoms with van der Waals surface area (Å²) in [5, 5.41) is 17.6. The van der Waals surface area contributed by atoms with Crippen LogP contribution in [0.4, 0.5) is 37.6 Å². The monoisotopic (exact) mass is 959 g/mol. The number of anilines is 5. The van der Waals surface area contributed by atoms with Gasteiger partial charge in [0.1, 0.15) is 30.3 Å². The molecule has 0 radical (unpaired) electrons. The zero-order valence-electron chi connectivity index (χ0n) is 37.2. The van der Waals surface area contributed by atoms with E-state index in [0.717, 1.165) is 77.7 Å². The molecule has 0 aliphatic carbocycles. The number of ether oxygens (including phenoxy) is 1. The number of nitrogens with zero attached hydrogens (tertiary/aromatic N) is 4. The Morgan fingerprint density at radius 1 is 0.953 bits per heavy atom. The van der Waals surface area contributed by atoms with E-state index in [9.17, 15) is 22.9 Å².